The van der Waals surface area contributed by atoms with Crippen molar-refractivity contribution in [3.63, 3.8) is 0 Å². The summed E-state index contributed by atoms with van der Waals surface area (Å²) in [6.45, 7) is 4.18. The predicted octanol–water partition coefficient (Wildman–Crippen LogP) is 3.05. The monoisotopic (exact) mass is 235 g/mol. The van der Waals surface area contributed by atoms with Crippen LogP contribution in [-0.2, 0) is 0 Å². The summed E-state index contributed by atoms with van der Waals surface area (Å²) in [6, 6.07) is 3.90. The van der Waals surface area contributed by atoms with Gasteiger partial charge in [0.2, 0.25) is 0 Å². The van der Waals surface area contributed by atoms with Crippen molar-refractivity contribution < 1.29 is 9.84 Å². The summed E-state index contributed by atoms with van der Waals surface area (Å²) in [6.07, 6.45) is -0.280. The molecule has 92 valence electrons. The van der Waals surface area contributed by atoms with Crippen LogP contribution in [-0.4, -0.2) is 18.8 Å². The second kappa shape index (κ2) is 6.13. The number of methoxy groups -OCH3 is 1. The van der Waals surface area contributed by atoms with Crippen LogP contribution in [0.25, 0.3) is 10.4 Å². The van der Waals surface area contributed by atoms with Crippen molar-refractivity contribution in [2.45, 2.75) is 26.4 Å². The summed E-state index contributed by atoms with van der Waals surface area (Å²) in [7, 11) is 1.58. The van der Waals surface area contributed by atoms with Crippen molar-refractivity contribution in [3.05, 3.63) is 39.3 Å². The molecule has 1 rings (SSSR count). The standard InChI is InChI=1S/C12H17N3O2/c1-8-6-9(2)12(17-3)10(7-8)11(16)4-5-14-15-13/h6-7,11,16H,4-5H2,1-3H3. The number of aryl methyl sites for hydroxylation is 2. The molecule has 0 saturated heterocycles. The number of benzene rings is 1. The molecule has 0 aliphatic carbocycles. The van der Waals surface area contributed by atoms with Gasteiger partial charge in [-0.25, -0.2) is 0 Å². The fourth-order valence-electron chi connectivity index (χ4n) is 1.89. The van der Waals surface area contributed by atoms with Gasteiger partial charge < -0.3 is 9.84 Å². The molecule has 5 nitrogen and oxygen atoms in total. The van der Waals surface area contributed by atoms with Crippen LogP contribution in [0.5, 0.6) is 5.75 Å². The van der Waals surface area contributed by atoms with Gasteiger partial charge in [-0.2, -0.15) is 0 Å². The molecular formula is C12H17N3O2. The summed E-state index contributed by atoms with van der Waals surface area (Å²) in [4.78, 5) is 2.66. The van der Waals surface area contributed by atoms with Crippen LogP contribution in [0.15, 0.2) is 17.2 Å². The van der Waals surface area contributed by atoms with Crippen LogP contribution in [0.2, 0.25) is 0 Å². The van der Waals surface area contributed by atoms with Crippen molar-refractivity contribution in [3.8, 4) is 5.75 Å². The zero-order chi connectivity index (χ0) is 12.8. The molecule has 0 fully saturated rings. The molecule has 1 aromatic rings. The maximum absolute atomic E-state index is 10.0. The minimum atomic E-state index is -0.672. The van der Waals surface area contributed by atoms with Gasteiger partial charge in [-0.05, 0) is 37.4 Å². The van der Waals surface area contributed by atoms with E-state index in [-0.39, 0.29) is 6.54 Å². The second-order valence-corrected chi connectivity index (χ2v) is 3.96. The fourth-order valence-corrected chi connectivity index (χ4v) is 1.89. The number of nitrogens with zero attached hydrogens (tertiary/aromatic N) is 3. The van der Waals surface area contributed by atoms with E-state index in [9.17, 15) is 5.11 Å². The topological polar surface area (TPSA) is 78.2 Å². The molecule has 0 bridgehead atoms. The number of aliphatic hydroxyl groups excluding tert-OH is 1. The Morgan fingerprint density at radius 2 is 2.18 bits per heavy atom. The molecule has 1 aromatic carbocycles. The lowest BCUT2D eigenvalue weighted by Crippen LogP contribution is -2.04. The van der Waals surface area contributed by atoms with Gasteiger partial charge in [-0.15, -0.1) is 0 Å². The Morgan fingerprint density at radius 1 is 1.47 bits per heavy atom. The van der Waals surface area contributed by atoms with E-state index in [1.807, 2.05) is 26.0 Å². The van der Waals surface area contributed by atoms with Gasteiger partial charge in [0.15, 0.2) is 0 Å². The molecule has 1 N–H and O–H groups in total. The van der Waals surface area contributed by atoms with Crippen molar-refractivity contribution in [1.82, 2.24) is 0 Å². The van der Waals surface area contributed by atoms with Gasteiger partial charge in [0, 0.05) is 17.0 Å². The molecule has 0 aliphatic heterocycles. The first-order valence-electron chi connectivity index (χ1n) is 5.44. The molecule has 0 aliphatic rings. The number of rotatable bonds is 5. The van der Waals surface area contributed by atoms with Gasteiger partial charge in [0.05, 0.1) is 13.2 Å². The molecule has 0 radical (unpaired) electrons. The van der Waals surface area contributed by atoms with Crippen LogP contribution in [0, 0.1) is 13.8 Å². The molecule has 17 heavy (non-hydrogen) atoms. The summed E-state index contributed by atoms with van der Waals surface area (Å²) in [5.41, 5.74) is 11.0. The number of aliphatic hydroxyl groups is 1. The largest absolute Gasteiger partial charge is 0.496 e. The highest BCUT2D eigenvalue weighted by Gasteiger charge is 2.15. The van der Waals surface area contributed by atoms with Gasteiger partial charge in [-0.1, -0.05) is 16.7 Å². The quantitative estimate of drug-likeness (QED) is 0.483. The van der Waals surface area contributed by atoms with E-state index in [0.29, 0.717) is 12.2 Å². The van der Waals surface area contributed by atoms with E-state index in [0.717, 1.165) is 16.7 Å². The lowest BCUT2D eigenvalue weighted by molar-refractivity contribution is 0.166. The molecule has 1 unspecified atom stereocenters. The summed E-state index contributed by atoms with van der Waals surface area (Å²) in [5.74, 6) is 0.698. The van der Waals surface area contributed by atoms with Gasteiger partial charge in [0.25, 0.3) is 0 Å². The van der Waals surface area contributed by atoms with Crippen molar-refractivity contribution in [1.29, 1.82) is 0 Å². The Kier molecular flexibility index (Phi) is 4.82. The first kappa shape index (κ1) is 13.4. The zero-order valence-corrected chi connectivity index (χ0v) is 10.3. The maximum atomic E-state index is 10.0. The predicted molar refractivity (Wildman–Crippen MR) is 66.1 cm³/mol. The molecule has 0 amide bonds. The van der Waals surface area contributed by atoms with Gasteiger partial charge in [0.1, 0.15) is 5.75 Å². The summed E-state index contributed by atoms with van der Waals surface area (Å²) >= 11 is 0. The number of azide groups is 1. The van der Waals surface area contributed by atoms with Gasteiger partial charge in [-0.3, -0.25) is 0 Å². The molecule has 0 saturated carbocycles. The number of ether oxygens (including phenoxy) is 1. The first-order valence-corrected chi connectivity index (χ1v) is 5.44. The summed E-state index contributed by atoms with van der Waals surface area (Å²) in [5, 5.41) is 13.5. The van der Waals surface area contributed by atoms with E-state index < -0.39 is 6.10 Å². The van der Waals surface area contributed by atoms with E-state index in [4.69, 9.17) is 10.3 Å². The van der Waals surface area contributed by atoms with E-state index in [2.05, 4.69) is 10.0 Å². The Bertz CT molecular complexity index is 440. The minimum absolute atomic E-state index is 0.272. The average molecular weight is 235 g/mol. The second-order valence-electron chi connectivity index (χ2n) is 3.96. The van der Waals surface area contributed by atoms with E-state index in [1.165, 1.54) is 0 Å². The lowest BCUT2D eigenvalue weighted by Gasteiger charge is -2.17. The van der Waals surface area contributed by atoms with Crippen LogP contribution in [0.3, 0.4) is 0 Å². The molecule has 5 heteroatoms. The molecule has 0 heterocycles. The van der Waals surface area contributed by atoms with Crippen LogP contribution < -0.4 is 4.74 Å². The van der Waals surface area contributed by atoms with Crippen LogP contribution >= 0.6 is 0 Å². The smallest absolute Gasteiger partial charge is 0.127 e. The third-order valence-electron chi connectivity index (χ3n) is 2.58. The normalized spacial score (nSPS) is 11.8. The van der Waals surface area contributed by atoms with Crippen LogP contribution in [0.1, 0.15) is 29.2 Å². The average Bonchev–Trinajstić information content (AvgIpc) is 2.28. The Hall–Kier alpha value is -1.71. The molecular weight excluding hydrogens is 218 g/mol. The zero-order valence-electron chi connectivity index (χ0n) is 10.3. The molecule has 0 spiro atoms. The highest BCUT2D eigenvalue weighted by molar-refractivity contribution is 5.44. The SMILES string of the molecule is COc1c(C)cc(C)cc1C(O)CCN=[N+]=[N-]. The number of hydrogen-bond donors (Lipinski definition) is 1. The third-order valence-corrected chi connectivity index (χ3v) is 2.58. The molecule has 1 atom stereocenters. The molecule has 0 aromatic heterocycles. The van der Waals surface area contributed by atoms with E-state index >= 15 is 0 Å². The fraction of sp³-hybridized carbons (Fsp3) is 0.500. The maximum Gasteiger partial charge on any atom is 0.127 e. The highest BCUT2D eigenvalue weighted by atomic mass is 16.5. The Labute approximate surface area is 101 Å². The Morgan fingerprint density at radius 3 is 2.76 bits per heavy atom. The van der Waals surface area contributed by atoms with Crippen LogP contribution in [0.4, 0.5) is 0 Å². The third kappa shape index (κ3) is 3.37. The van der Waals surface area contributed by atoms with Crippen molar-refractivity contribution in [2.24, 2.45) is 5.11 Å². The minimum Gasteiger partial charge on any atom is -0.496 e. The first-order chi connectivity index (χ1) is 8.10. The highest BCUT2D eigenvalue weighted by Crippen LogP contribution is 2.31. The van der Waals surface area contributed by atoms with Crippen molar-refractivity contribution >= 4 is 0 Å². The van der Waals surface area contributed by atoms with E-state index in [1.54, 1.807) is 7.11 Å². The lowest BCUT2D eigenvalue weighted by atomic mass is 9.99. The van der Waals surface area contributed by atoms with Crippen molar-refractivity contribution in [2.75, 3.05) is 13.7 Å². The Balaban J connectivity index is 2.98. The van der Waals surface area contributed by atoms with Gasteiger partial charge >= 0.3 is 0 Å². The summed E-state index contributed by atoms with van der Waals surface area (Å²) < 4.78 is 5.30. The number of hydrogen-bond acceptors (Lipinski definition) is 3.